The van der Waals surface area contributed by atoms with E-state index in [4.69, 9.17) is 4.74 Å². The summed E-state index contributed by atoms with van der Waals surface area (Å²) in [5.41, 5.74) is 0.960. The molecule has 0 saturated carbocycles. The van der Waals surface area contributed by atoms with E-state index in [1.165, 1.54) is 7.05 Å². The number of hydrogen-bond acceptors (Lipinski definition) is 6. The zero-order valence-corrected chi connectivity index (χ0v) is 15.9. The predicted octanol–water partition coefficient (Wildman–Crippen LogP) is 0.982. The maximum atomic E-state index is 12.3. The summed E-state index contributed by atoms with van der Waals surface area (Å²) in [4.78, 5) is 49.1. The Morgan fingerprint density at radius 3 is 2.67 bits per heavy atom. The van der Waals surface area contributed by atoms with Crippen molar-refractivity contribution in [2.75, 3.05) is 24.7 Å². The largest absolute Gasteiger partial charge is 0.454 e. The first-order valence-corrected chi connectivity index (χ1v) is 9.57. The van der Waals surface area contributed by atoms with E-state index < -0.39 is 24.5 Å². The Bertz CT molecular complexity index is 782. The number of esters is 1. The quantitative estimate of drug-likeness (QED) is 0.725. The number of anilines is 1. The lowest BCUT2D eigenvalue weighted by atomic mass is 10.2. The van der Waals surface area contributed by atoms with E-state index in [2.05, 4.69) is 10.6 Å². The van der Waals surface area contributed by atoms with Crippen molar-refractivity contribution in [2.24, 2.45) is 0 Å². The van der Waals surface area contributed by atoms with Gasteiger partial charge in [0.2, 0.25) is 5.91 Å². The van der Waals surface area contributed by atoms with Crippen LogP contribution in [0.1, 0.15) is 30.1 Å². The molecule has 2 atom stereocenters. The lowest BCUT2D eigenvalue weighted by Gasteiger charge is -2.29. The van der Waals surface area contributed by atoms with Gasteiger partial charge in [0, 0.05) is 30.5 Å². The molecule has 3 amide bonds. The fourth-order valence-corrected chi connectivity index (χ4v) is 4.69. The van der Waals surface area contributed by atoms with Gasteiger partial charge >= 0.3 is 5.97 Å². The normalized spacial score (nSPS) is 23.7. The third-order valence-electron chi connectivity index (χ3n) is 4.72. The van der Waals surface area contributed by atoms with Gasteiger partial charge in [-0.15, -0.1) is 11.8 Å². The van der Waals surface area contributed by atoms with Crippen molar-refractivity contribution in [2.45, 2.75) is 30.7 Å². The molecule has 27 heavy (non-hydrogen) atoms. The van der Waals surface area contributed by atoms with Gasteiger partial charge in [-0.1, -0.05) is 0 Å². The summed E-state index contributed by atoms with van der Waals surface area (Å²) in [6, 6.07) is 5.69. The number of ether oxygens (including phenoxy) is 1. The van der Waals surface area contributed by atoms with Crippen LogP contribution in [0.25, 0.3) is 0 Å². The average molecular weight is 391 g/mol. The van der Waals surface area contributed by atoms with Crippen LogP contribution in [0.4, 0.5) is 5.69 Å². The molecule has 0 bridgehead atoms. The Kier molecular flexibility index (Phi) is 5.41. The number of benzene rings is 1. The highest BCUT2D eigenvalue weighted by Gasteiger charge is 2.53. The number of thioether (sulfide) groups is 1. The highest BCUT2D eigenvalue weighted by molar-refractivity contribution is 8.01. The second kappa shape index (κ2) is 7.59. The zero-order chi connectivity index (χ0) is 19.6. The zero-order valence-electron chi connectivity index (χ0n) is 15.1. The molecule has 2 heterocycles. The van der Waals surface area contributed by atoms with Crippen molar-refractivity contribution in [1.29, 1.82) is 0 Å². The summed E-state index contributed by atoms with van der Waals surface area (Å²) < 4.78 is 5.12. The third-order valence-corrected chi connectivity index (χ3v) is 6.23. The molecule has 1 aromatic rings. The van der Waals surface area contributed by atoms with Gasteiger partial charge in [0.15, 0.2) is 6.61 Å². The molecule has 2 aliphatic heterocycles. The standard InChI is InChI=1S/C18H21N3O5S/c1-18-8-7-15(23)21(18)13(10-27-18)17(25)26-9-14(22)20-12-5-3-11(4-6-12)16(24)19-2/h3-6,13H,7-10H2,1-2H3,(H,19,24)(H,20,22)/t13-,18+/m0/s1. The second-order valence-corrected chi connectivity index (χ2v) is 8.08. The summed E-state index contributed by atoms with van der Waals surface area (Å²) in [6.07, 6.45) is 1.15. The minimum Gasteiger partial charge on any atom is -0.454 e. The first-order valence-electron chi connectivity index (χ1n) is 8.59. The minimum atomic E-state index is -0.644. The average Bonchev–Trinajstić information content (AvgIpc) is 3.15. The molecular weight excluding hydrogens is 370 g/mol. The van der Waals surface area contributed by atoms with Gasteiger partial charge in [0.05, 0.1) is 4.87 Å². The van der Waals surface area contributed by atoms with Crippen molar-refractivity contribution in [3.05, 3.63) is 29.8 Å². The van der Waals surface area contributed by atoms with E-state index in [0.29, 0.717) is 29.8 Å². The number of hydrogen-bond donors (Lipinski definition) is 2. The van der Waals surface area contributed by atoms with Crippen LogP contribution < -0.4 is 10.6 Å². The van der Waals surface area contributed by atoms with Crippen LogP contribution in [0.3, 0.4) is 0 Å². The van der Waals surface area contributed by atoms with E-state index in [1.54, 1.807) is 40.9 Å². The van der Waals surface area contributed by atoms with Gasteiger partial charge in [0.1, 0.15) is 6.04 Å². The molecule has 0 aliphatic carbocycles. The molecule has 0 aromatic heterocycles. The molecule has 2 fully saturated rings. The predicted molar refractivity (Wildman–Crippen MR) is 100 cm³/mol. The Hall–Kier alpha value is -2.55. The van der Waals surface area contributed by atoms with Crippen molar-refractivity contribution in [3.63, 3.8) is 0 Å². The lowest BCUT2D eigenvalue weighted by molar-refractivity contribution is -0.155. The monoisotopic (exact) mass is 391 g/mol. The van der Waals surface area contributed by atoms with Crippen LogP contribution >= 0.6 is 11.8 Å². The number of fused-ring (bicyclic) bond motifs is 1. The second-order valence-electron chi connectivity index (χ2n) is 6.58. The van der Waals surface area contributed by atoms with Crippen LogP contribution in [0, 0.1) is 0 Å². The lowest BCUT2D eigenvalue weighted by Crippen LogP contribution is -2.47. The molecule has 8 nitrogen and oxygen atoms in total. The van der Waals surface area contributed by atoms with Crippen LogP contribution in [0.5, 0.6) is 0 Å². The van der Waals surface area contributed by atoms with Gasteiger partial charge in [-0.2, -0.15) is 0 Å². The molecule has 2 N–H and O–H groups in total. The van der Waals surface area contributed by atoms with Gasteiger partial charge in [-0.3, -0.25) is 14.4 Å². The summed E-state index contributed by atoms with van der Waals surface area (Å²) in [5.74, 6) is -0.850. The summed E-state index contributed by atoms with van der Waals surface area (Å²) in [7, 11) is 1.54. The highest BCUT2D eigenvalue weighted by Crippen LogP contribution is 2.47. The number of carbonyl (C=O) groups excluding carboxylic acids is 4. The molecule has 144 valence electrons. The summed E-state index contributed by atoms with van der Waals surface area (Å²) in [6.45, 7) is 1.51. The molecule has 0 unspecified atom stereocenters. The molecule has 2 aliphatic rings. The van der Waals surface area contributed by atoms with Gasteiger partial charge in [-0.25, -0.2) is 4.79 Å². The topological polar surface area (TPSA) is 105 Å². The van der Waals surface area contributed by atoms with E-state index >= 15 is 0 Å². The van der Waals surface area contributed by atoms with E-state index in [1.807, 2.05) is 6.92 Å². The third kappa shape index (κ3) is 3.92. The number of amides is 3. The number of nitrogens with one attached hydrogen (secondary N) is 2. The minimum absolute atomic E-state index is 0.0508. The first kappa shape index (κ1) is 19.2. The van der Waals surface area contributed by atoms with Gasteiger partial charge in [0.25, 0.3) is 11.8 Å². The Balaban J connectivity index is 1.51. The molecule has 1 aromatic carbocycles. The van der Waals surface area contributed by atoms with Crippen LogP contribution in [0.2, 0.25) is 0 Å². The van der Waals surface area contributed by atoms with Crippen molar-refractivity contribution < 1.29 is 23.9 Å². The van der Waals surface area contributed by atoms with Crippen LogP contribution in [0.15, 0.2) is 24.3 Å². The molecule has 0 radical (unpaired) electrons. The number of nitrogens with zero attached hydrogens (tertiary/aromatic N) is 1. The highest BCUT2D eigenvalue weighted by atomic mass is 32.2. The van der Waals surface area contributed by atoms with E-state index in [9.17, 15) is 19.2 Å². The van der Waals surface area contributed by atoms with E-state index in [-0.39, 0.29) is 16.7 Å². The fourth-order valence-electron chi connectivity index (χ4n) is 3.27. The summed E-state index contributed by atoms with van der Waals surface area (Å²) >= 11 is 1.57. The van der Waals surface area contributed by atoms with Gasteiger partial charge in [-0.05, 0) is 37.6 Å². The molecule has 9 heteroatoms. The molecule has 3 rings (SSSR count). The van der Waals surface area contributed by atoms with E-state index in [0.717, 1.165) is 0 Å². The van der Waals surface area contributed by atoms with Crippen molar-refractivity contribution >= 4 is 41.1 Å². The summed E-state index contributed by atoms with van der Waals surface area (Å²) in [5, 5.41) is 5.11. The van der Waals surface area contributed by atoms with Crippen LogP contribution in [-0.2, 0) is 19.1 Å². The fraction of sp³-hybridized carbons (Fsp3) is 0.444. The first-order chi connectivity index (χ1) is 12.8. The Labute approximate surface area is 161 Å². The Morgan fingerprint density at radius 1 is 1.30 bits per heavy atom. The number of carbonyl (C=O) groups is 4. The molecule has 2 saturated heterocycles. The maximum Gasteiger partial charge on any atom is 0.330 e. The van der Waals surface area contributed by atoms with Crippen LogP contribution in [-0.4, -0.2) is 58.9 Å². The SMILES string of the molecule is CNC(=O)c1ccc(NC(=O)COC(=O)[C@@H]2CS[C@]3(C)CCC(=O)N23)cc1. The molecular formula is C18H21N3O5S. The smallest absolute Gasteiger partial charge is 0.330 e. The molecule has 0 spiro atoms. The van der Waals surface area contributed by atoms with Gasteiger partial charge < -0.3 is 20.3 Å². The Morgan fingerprint density at radius 2 is 2.00 bits per heavy atom. The van der Waals surface area contributed by atoms with Crippen molar-refractivity contribution in [3.8, 4) is 0 Å². The number of rotatable bonds is 5. The maximum absolute atomic E-state index is 12.3. The van der Waals surface area contributed by atoms with Crippen molar-refractivity contribution in [1.82, 2.24) is 10.2 Å².